The van der Waals surface area contributed by atoms with Crippen LogP contribution in [0.3, 0.4) is 0 Å². The minimum absolute atomic E-state index is 0.0686. The third-order valence-electron chi connectivity index (χ3n) is 4.03. The number of nitrogens with one attached hydrogen (secondary N) is 1. The summed E-state index contributed by atoms with van der Waals surface area (Å²) in [5.74, 6) is -2.36. The van der Waals surface area contributed by atoms with E-state index >= 15 is 0 Å². The molecule has 0 saturated carbocycles. The number of benzene rings is 1. The number of aromatic nitrogens is 2. The zero-order chi connectivity index (χ0) is 25.6. The number of nitrogens with zero attached hydrogens (tertiary/aromatic N) is 4. The Morgan fingerprint density at radius 2 is 1.82 bits per heavy atom. The van der Waals surface area contributed by atoms with Crippen LogP contribution in [0.15, 0.2) is 23.4 Å². The fourth-order valence-electron chi connectivity index (χ4n) is 2.55. The minimum atomic E-state index is -4.04. The van der Waals surface area contributed by atoms with Gasteiger partial charge in [0.1, 0.15) is 18.0 Å². The highest BCUT2D eigenvalue weighted by molar-refractivity contribution is 7.90. The van der Waals surface area contributed by atoms with E-state index in [4.69, 9.17) is 14.2 Å². The summed E-state index contributed by atoms with van der Waals surface area (Å²) in [4.78, 5) is 43.6. The molecule has 184 valence electrons. The number of amides is 1. The Morgan fingerprint density at radius 1 is 1.18 bits per heavy atom. The molecule has 0 radical (unpaired) electrons. The minimum Gasteiger partial charge on any atom is -0.497 e. The van der Waals surface area contributed by atoms with Gasteiger partial charge in [0.2, 0.25) is 15.7 Å². The number of esters is 1. The van der Waals surface area contributed by atoms with Crippen molar-refractivity contribution < 1.29 is 37.1 Å². The molecule has 15 heteroatoms. The van der Waals surface area contributed by atoms with Gasteiger partial charge in [-0.1, -0.05) is 0 Å². The average molecular weight is 497 g/mol. The van der Waals surface area contributed by atoms with Gasteiger partial charge in [0.05, 0.1) is 18.6 Å². The van der Waals surface area contributed by atoms with E-state index in [9.17, 15) is 28.1 Å². The Morgan fingerprint density at radius 3 is 2.35 bits per heavy atom. The first kappa shape index (κ1) is 26.2. The lowest BCUT2D eigenvalue weighted by Crippen LogP contribution is -2.21. The Kier molecular flexibility index (Phi) is 8.29. The number of anilines is 1. The van der Waals surface area contributed by atoms with Gasteiger partial charge in [0.25, 0.3) is 11.1 Å². The second kappa shape index (κ2) is 10.7. The Balaban J connectivity index is 2.64. The van der Waals surface area contributed by atoms with Crippen molar-refractivity contribution in [1.82, 2.24) is 14.9 Å². The molecule has 0 spiro atoms. The first-order chi connectivity index (χ1) is 15.9. The molecule has 0 aliphatic heterocycles. The molecule has 34 heavy (non-hydrogen) atoms. The van der Waals surface area contributed by atoms with Crippen molar-refractivity contribution in [3.8, 4) is 17.4 Å². The number of sulfone groups is 1. The number of carbonyl (C=O) groups excluding carboxylic acids is 2. The van der Waals surface area contributed by atoms with E-state index < -0.39 is 55.7 Å². The van der Waals surface area contributed by atoms with Crippen LogP contribution in [-0.4, -0.2) is 80.7 Å². The van der Waals surface area contributed by atoms with Gasteiger partial charge < -0.3 is 24.4 Å². The molecular formula is C19H23N5O9S. The number of hydrogen-bond donors (Lipinski definition) is 1. The maximum Gasteiger partial charge on any atom is 0.373 e. The van der Waals surface area contributed by atoms with Gasteiger partial charge in [0.15, 0.2) is 0 Å². The number of rotatable bonds is 10. The van der Waals surface area contributed by atoms with Gasteiger partial charge in [-0.2, -0.15) is 9.97 Å². The van der Waals surface area contributed by atoms with E-state index in [-0.39, 0.29) is 23.7 Å². The molecule has 1 heterocycles. The summed E-state index contributed by atoms with van der Waals surface area (Å²) in [6, 6.07) is 4.03. The third kappa shape index (κ3) is 6.50. The molecule has 2 rings (SSSR count). The van der Waals surface area contributed by atoms with Crippen LogP contribution in [0.5, 0.6) is 17.4 Å². The largest absolute Gasteiger partial charge is 0.497 e. The summed E-state index contributed by atoms with van der Waals surface area (Å²) >= 11 is 0. The highest BCUT2D eigenvalue weighted by atomic mass is 32.2. The molecule has 0 unspecified atom stereocenters. The SMILES string of the molecule is CCOC(=O)CNc1nc(S(C)(=O)=O)nc(Oc2cc(OC)cc(C(=O)N(C)C)c2)c1[N+](=O)[O-]. The van der Waals surface area contributed by atoms with Gasteiger partial charge in [-0.15, -0.1) is 0 Å². The smallest absolute Gasteiger partial charge is 0.373 e. The monoisotopic (exact) mass is 497 g/mol. The van der Waals surface area contributed by atoms with E-state index in [1.807, 2.05) is 0 Å². The van der Waals surface area contributed by atoms with E-state index in [0.717, 1.165) is 6.26 Å². The van der Waals surface area contributed by atoms with Crippen molar-refractivity contribution in [3.05, 3.63) is 33.9 Å². The normalized spacial score (nSPS) is 10.9. The topological polar surface area (TPSA) is 180 Å². The van der Waals surface area contributed by atoms with Crippen LogP contribution in [0.2, 0.25) is 0 Å². The van der Waals surface area contributed by atoms with Gasteiger partial charge in [-0.25, -0.2) is 8.42 Å². The zero-order valence-corrected chi connectivity index (χ0v) is 19.8. The summed E-state index contributed by atoms with van der Waals surface area (Å²) in [5.41, 5.74) is -0.694. The molecule has 2 aromatic rings. The van der Waals surface area contributed by atoms with Crippen LogP contribution in [0.1, 0.15) is 17.3 Å². The fourth-order valence-corrected chi connectivity index (χ4v) is 3.06. The summed E-state index contributed by atoms with van der Waals surface area (Å²) in [6.07, 6.45) is 0.798. The molecule has 1 amide bonds. The highest BCUT2D eigenvalue weighted by Gasteiger charge is 2.30. The van der Waals surface area contributed by atoms with Gasteiger partial charge in [-0.3, -0.25) is 19.7 Å². The summed E-state index contributed by atoms with van der Waals surface area (Å²) in [7, 11) is 0.350. The quantitative estimate of drug-likeness (QED) is 0.215. The third-order valence-corrected chi connectivity index (χ3v) is 4.88. The predicted molar refractivity (Wildman–Crippen MR) is 118 cm³/mol. The number of carbonyl (C=O) groups is 2. The van der Waals surface area contributed by atoms with Crippen LogP contribution >= 0.6 is 0 Å². The molecule has 1 aromatic heterocycles. The van der Waals surface area contributed by atoms with E-state index in [1.165, 1.54) is 44.3 Å². The molecule has 1 aromatic carbocycles. The van der Waals surface area contributed by atoms with Gasteiger partial charge >= 0.3 is 17.5 Å². The van der Waals surface area contributed by atoms with Crippen molar-refractivity contribution in [3.63, 3.8) is 0 Å². The maximum atomic E-state index is 12.4. The Labute approximate surface area is 194 Å². The highest BCUT2D eigenvalue weighted by Crippen LogP contribution is 2.37. The van der Waals surface area contributed by atoms with Gasteiger partial charge in [0, 0.05) is 32.0 Å². The number of nitro groups is 1. The van der Waals surface area contributed by atoms with Crippen LogP contribution in [0, 0.1) is 10.1 Å². The molecule has 0 saturated heterocycles. The molecule has 0 aliphatic carbocycles. The number of ether oxygens (including phenoxy) is 3. The zero-order valence-electron chi connectivity index (χ0n) is 19.0. The van der Waals surface area contributed by atoms with E-state index in [0.29, 0.717) is 0 Å². The number of hydrogen-bond acceptors (Lipinski definition) is 12. The molecule has 1 N–H and O–H groups in total. The lowest BCUT2D eigenvalue weighted by Gasteiger charge is -2.14. The average Bonchev–Trinajstić information content (AvgIpc) is 2.75. The first-order valence-corrected chi connectivity index (χ1v) is 11.5. The second-order valence-electron chi connectivity index (χ2n) is 6.90. The lowest BCUT2D eigenvalue weighted by molar-refractivity contribution is -0.385. The number of methoxy groups -OCH3 is 1. The molecular weight excluding hydrogens is 474 g/mol. The van der Waals surface area contributed by atoms with Gasteiger partial charge in [-0.05, 0) is 19.1 Å². The molecule has 0 aliphatic rings. The predicted octanol–water partition coefficient (Wildman–Crippen LogP) is 1.27. The second-order valence-corrected chi connectivity index (χ2v) is 8.80. The van der Waals surface area contributed by atoms with Crippen molar-refractivity contribution in [2.24, 2.45) is 0 Å². The Hall–Kier alpha value is -4.01. The van der Waals surface area contributed by atoms with Crippen molar-refractivity contribution in [2.45, 2.75) is 12.1 Å². The van der Waals surface area contributed by atoms with Crippen molar-refractivity contribution in [1.29, 1.82) is 0 Å². The van der Waals surface area contributed by atoms with Crippen LogP contribution < -0.4 is 14.8 Å². The maximum absolute atomic E-state index is 12.4. The van der Waals surface area contributed by atoms with E-state index in [2.05, 4.69) is 15.3 Å². The lowest BCUT2D eigenvalue weighted by atomic mass is 10.2. The van der Waals surface area contributed by atoms with Crippen molar-refractivity contribution in [2.75, 3.05) is 45.9 Å². The summed E-state index contributed by atoms with van der Waals surface area (Å²) in [6.45, 7) is 1.11. The van der Waals surface area contributed by atoms with Crippen molar-refractivity contribution >= 4 is 33.2 Å². The van der Waals surface area contributed by atoms with Crippen LogP contribution in [0.25, 0.3) is 0 Å². The standard InChI is InChI=1S/C19H23N5O9S/c1-6-32-14(25)10-20-16-15(24(27)28)17(22-19(21-16)34(5,29)30)33-13-8-11(18(26)23(2)3)7-12(9-13)31-4/h7-9H,6,10H2,1-5H3,(H,20,21,22). The van der Waals surface area contributed by atoms with Crippen LogP contribution in [-0.2, 0) is 19.4 Å². The van der Waals surface area contributed by atoms with E-state index in [1.54, 1.807) is 6.92 Å². The Bertz CT molecular complexity index is 1210. The molecule has 0 atom stereocenters. The molecule has 14 nitrogen and oxygen atoms in total. The fraction of sp³-hybridized carbons (Fsp3) is 0.368. The molecule has 0 fully saturated rings. The summed E-state index contributed by atoms with van der Waals surface area (Å²) in [5, 5.41) is 13.4. The molecule has 0 bridgehead atoms. The summed E-state index contributed by atoms with van der Waals surface area (Å²) < 4.78 is 39.6. The van der Waals surface area contributed by atoms with Crippen LogP contribution in [0.4, 0.5) is 11.5 Å². The first-order valence-electron chi connectivity index (χ1n) is 9.61.